The summed E-state index contributed by atoms with van der Waals surface area (Å²) in [6.45, 7) is 7.38. The first-order valence-electron chi connectivity index (χ1n) is 19.2. The van der Waals surface area contributed by atoms with E-state index in [0.29, 0.717) is 43.0 Å². The van der Waals surface area contributed by atoms with Crippen molar-refractivity contribution in [2.75, 3.05) is 44.8 Å². The van der Waals surface area contributed by atoms with Gasteiger partial charge in [-0.05, 0) is 96.6 Å². The maximum Gasteiger partial charge on any atom is 0.410 e. The number of nitrogens with one attached hydrogen (secondary N) is 2. The number of piperidine rings is 1. The van der Waals surface area contributed by atoms with E-state index in [9.17, 15) is 27.6 Å². The molecule has 57 heavy (non-hydrogen) atoms. The Kier molecular flexibility index (Phi) is 11.7. The van der Waals surface area contributed by atoms with Crippen molar-refractivity contribution >= 4 is 78.0 Å². The molecule has 300 valence electrons. The number of fused-ring (bicyclic) bond motifs is 1. The first kappa shape index (κ1) is 40.3. The van der Waals surface area contributed by atoms with Gasteiger partial charge in [0.1, 0.15) is 11.6 Å². The van der Waals surface area contributed by atoms with Crippen molar-refractivity contribution in [3.8, 4) is 0 Å². The van der Waals surface area contributed by atoms with E-state index in [0.717, 1.165) is 58.9 Å². The molecule has 0 spiro atoms. The minimum absolute atomic E-state index is 0.00132. The van der Waals surface area contributed by atoms with Gasteiger partial charge in [0.2, 0.25) is 10.0 Å². The molecule has 12 nitrogen and oxygen atoms in total. The minimum Gasteiger partial charge on any atom is -0.468 e. The van der Waals surface area contributed by atoms with Crippen molar-refractivity contribution in [1.82, 2.24) is 19.8 Å². The predicted octanol–water partition coefficient (Wildman–Crippen LogP) is 6.56. The Morgan fingerprint density at radius 1 is 0.912 bits per heavy atom. The maximum atomic E-state index is 13.9. The fraction of sp³-hybridized carbons (Fsp3) is 0.395. The number of carbonyl (C=O) groups is 4. The predicted molar refractivity (Wildman–Crippen MR) is 222 cm³/mol. The number of sulfonamides is 1. The van der Waals surface area contributed by atoms with E-state index in [1.807, 2.05) is 68.9 Å². The number of amides is 3. The van der Waals surface area contributed by atoms with Gasteiger partial charge in [-0.1, -0.05) is 54.6 Å². The van der Waals surface area contributed by atoms with E-state index in [-0.39, 0.29) is 29.0 Å². The van der Waals surface area contributed by atoms with Gasteiger partial charge >= 0.3 is 12.1 Å². The lowest BCUT2D eigenvalue weighted by Crippen LogP contribution is -2.48. The Morgan fingerprint density at radius 3 is 2.21 bits per heavy atom. The molecule has 0 aliphatic carbocycles. The Hall–Kier alpha value is -4.92. The highest BCUT2D eigenvalue weighted by molar-refractivity contribution is 8.06. The first-order chi connectivity index (χ1) is 27.2. The molecular weight excluding hydrogens is 765 g/mol. The van der Waals surface area contributed by atoms with Gasteiger partial charge in [-0.2, -0.15) is 16.5 Å². The largest absolute Gasteiger partial charge is 0.468 e. The van der Waals surface area contributed by atoms with Gasteiger partial charge in [-0.25, -0.2) is 13.2 Å². The van der Waals surface area contributed by atoms with Crippen molar-refractivity contribution in [3.63, 3.8) is 0 Å². The molecule has 2 N–H and O–H groups in total. The number of carbonyl (C=O) groups excluding carboxylic acids is 4. The standard InChI is InChI=1S/C41H44N4O8S.C2H4S/c1-41(2,3)53-40(49)44-19-16-25(17-20-44)18-21-45-24-30-11-10-29(22-32(30)38(45)47)37(46)42-23-33(39(48)52-4)43-54(50,51)34-15-13-28-9-8-26-6-5-7-27-12-14-31(34)36(28)35(26)27;1-2-3-1/h5-15,22,25,33,43H,16-21,23-24H2,1-4H3,(H,42,46);1-2H2/t33-;/m0./s1. The third-order valence-corrected chi connectivity index (χ3v) is 12.5. The van der Waals surface area contributed by atoms with Gasteiger partial charge in [-0.3, -0.25) is 14.4 Å². The summed E-state index contributed by atoms with van der Waals surface area (Å²) < 4.78 is 40.6. The molecule has 0 aromatic heterocycles. The normalized spacial score (nSPS) is 16.3. The highest BCUT2D eigenvalue weighted by atomic mass is 32.2. The smallest absolute Gasteiger partial charge is 0.410 e. The zero-order valence-corrected chi connectivity index (χ0v) is 34.3. The molecule has 2 saturated heterocycles. The number of benzene rings is 5. The average Bonchev–Trinajstić information content (AvgIpc) is 4.06. The van der Waals surface area contributed by atoms with Gasteiger partial charge < -0.3 is 24.6 Å². The van der Waals surface area contributed by atoms with Crippen LogP contribution in [0.25, 0.3) is 32.3 Å². The summed E-state index contributed by atoms with van der Waals surface area (Å²) in [5, 5.41) is 7.78. The van der Waals surface area contributed by atoms with Crippen LogP contribution in [0.2, 0.25) is 0 Å². The molecule has 3 heterocycles. The maximum absolute atomic E-state index is 13.9. The number of thioether (sulfide) groups is 1. The molecule has 0 unspecified atom stereocenters. The summed E-state index contributed by atoms with van der Waals surface area (Å²) in [4.78, 5) is 55.5. The molecule has 14 heteroatoms. The number of rotatable bonds is 10. The topological polar surface area (TPSA) is 151 Å². The van der Waals surface area contributed by atoms with Crippen molar-refractivity contribution in [2.24, 2.45) is 5.92 Å². The molecule has 3 aliphatic heterocycles. The van der Waals surface area contributed by atoms with Crippen molar-refractivity contribution in [1.29, 1.82) is 0 Å². The molecule has 5 aromatic rings. The Bertz CT molecular complexity index is 2420. The van der Waals surface area contributed by atoms with Crippen LogP contribution in [-0.2, 0) is 30.8 Å². The molecule has 5 aromatic carbocycles. The third kappa shape index (κ3) is 9.13. The summed E-state index contributed by atoms with van der Waals surface area (Å²) in [5.74, 6) is 1.60. The van der Waals surface area contributed by atoms with Crippen LogP contribution in [0.3, 0.4) is 0 Å². The van der Waals surface area contributed by atoms with Crippen LogP contribution in [0.4, 0.5) is 4.79 Å². The van der Waals surface area contributed by atoms with Gasteiger partial charge in [-0.15, -0.1) is 0 Å². The second-order valence-corrected chi connectivity index (χ2v) is 18.6. The molecular formula is C43H48N4O8S2. The number of esters is 1. The lowest BCUT2D eigenvalue weighted by atomic mass is 9.93. The molecule has 3 amide bonds. The van der Waals surface area contributed by atoms with Gasteiger partial charge in [0.25, 0.3) is 11.8 Å². The second kappa shape index (κ2) is 16.5. The van der Waals surface area contributed by atoms with E-state index < -0.39 is 33.5 Å². The third-order valence-electron chi connectivity index (χ3n) is 10.6. The monoisotopic (exact) mass is 812 g/mol. The van der Waals surface area contributed by atoms with Crippen LogP contribution < -0.4 is 10.0 Å². The van der Waals surface area contributed by atoms with Gasteiger partial charge in [0.05, 0.1) is 12.0 Å². The Labute approximate surface area is 337 Å². The van der Waals surface area contributed by atoms with E-state index in [4.69, 9.17) is 9.47 Å². The van der Waals surface area contributed by atoms with Crippen LogP contribution in [0.1, 0.15) is 66.3 Å². The molecule has 0 bridgehead atoms. The number of ether oxygens (including phenoxy) is 2. The number of nitrogens with zero attached hydrogens (tertiary/aromatic N) is 2. The quantitative estimate of drug-likeness (QED) is 0.0908. The van der Waals surface area contributed by atoms with E-state index in [1.54, 1.807) is 34.1 Å². The summed E-state index contributed by atoms with van der Waals surface area (Å²) >= 11 is 2.00. The summed E-state index contributed by atoms with van der Waals surface area (Å²) in [5.41, 5.74) is 0.905. The van der Waals surface area contributed by atoms with Crippen LogP contribution in [0, 0.1) is 5.92 Å². The fourth-order valence-electron chi connectivity index (χ4n) is 7.56. The van der Waals surface area contributed by atoms with Crippen molar-refractivity contribution < 1.29 is 37.1 Å². The zero-order chi connectivity index (χ0) is 40.5. The summed E-state index contributed by atoms with van der Waals surface area (Å²) in [7, 11) is -3.13. The van der Waals surface area contributed by atoms with E-state index in [1.165, 1.54) is 23.6 Å². The highest BCUT2D eigenvalue weighted by Gasteiger charge is 2.32. The van der Waals surface area contributed by atoms with Crippen LogP contribution in [0.15, 0.2) is 77.7 Å². The van der Waals surface area contributed by atoms with Crippen LogP contribution in [0.5, 0.6) is 0 Å². The van der Waals surface area contributed by atoms with Gasteiger partial charge in [0.15, 0.2) is 0 Å². The number of likely N-dealkylation sites (tertiary alicyclic amines) is 1. The zero-order valence-electron chi connectivity index (χ0n) is 32.6. The minimum atomic E-state index is -4.28. The lowest BCUT2D eigenvalue weighted by molar-refractivity contribution is -0.142. The summed E-state index contributed by atoms with van der Waals surface area (Å²) in [6, 6.07) is 20.2. The number of hydrogen-bond acceptors (Lipinski definition) is 9. The average molecular weight is 813 g/mol. The number of methoxy groups -OCH3 is 1. The summed E-state index contributed by atoms with van der Waals surface area (Å²) in [6.07, 6.45) is 2.17. The van der Waals surface area contributed by atoms with Crippen LogP contribution in [-0.4, -0.2) is 98.5 Å². The molecule has 0 saturated carbocycles. The van der Waals surface area contributed by atoms with E-state index >= 15 is 0 Å². The molecule has 1 atom stereocenters. The lowest BCUT2D eigenvalue weighted by Gasteiger charge is -2.34. The Balaban J connectivity index is 0.00000158. The van der Waals surface area contributed by atoms with Crippen molar-refractivity contribution in [2.45, 2.75) is 63.1 Å². The highest BCUT2D eigenvalue weighted by Crippen LogP contribution is 2.37. The molecule has 2 fully saturated rings. The van der Waals surface area contributed by atoms with E-state index in [2.05, 4.69) is 10.0 Å². The fourth-order valence-corrected chi connectivity index (χ4v) is 8.95. The van der Waals surface area contributed by atoms with Gasteiger partial charge in [0, 0.05) is 60.7 Å². The molecule has 3 aliphatic rings. The first-order valence-corrected chi connectivity index (χ1v) is 21.9. The molecule has 8 rings (SSSR count). The van der Waals surface area contributed by atoms with Crippen LogP contribution >= 0.6 is 11.8 Å². The Morgan fingerprint density at radius 2 is 1.56 bits per heavy atom. The van der Waals surface area contributed by atoms with Crippen molar-refractivity contribution in [3.05, 3.63) is 89.5 Å². The SMILES string of the molecule is C1CS1.COC(=O)[C@H](CNC(=O)c1ccc2c(c1)C(=O)N(CCC1CCN(C(=O)OC(C)(C)C)CC1)C2)NS(=O)(=O)c1ccc2ccc3cccc4ccc1c2c34. The molecule has 0 radical (unpaired) electrons. The number of hydrogen-bond donors (Lipinski definition) is 2. The second-order valence-electron chi connectivity index (χ2n) is 15.7.